The molecule has 1 aromatic carbocycles. The first-order valence-corrected chi connectivity index (χ1v) is 6.83. The number of sulfone groups is 1. The Morgan fingerprint density at radius 2 is 1.88 bits per heavy atom. The zero-order chi connectivity index (χ0) is 12.3. The SMILES string of the molecule is Cc1ccccc1NC(=O)[C@@H](C)S(C)(=O)=O. The van der Waals surface area contributed by atoms with E-state index in [2.05, 4.69) is 5.32 Å². The van der Waals surface area contributed by atoms with E-state index < -0.39 is 21.0 Å². The van der Waals surface area contributed by atoms with Crippen molar-refractivity contribution in [2.45, 2.75) is 19.1 Å². The molecule has 0 fully saturated rings. The van der Waals surface area contributed by atoms with Gasteiger partial charge < -0.3 is 5.32 Å². The van der Waals surface area contributed by atoms with Gasteiger partial charge in [0.1, 0.15) is 5.25 Å². The molecule has 0 saturated heterocycles. The molecule has 88 valence electrons. The Bertz CT molecular complexity index is 494. The minimum absolute atomic E-state index is 0.503. The van der Waals surface area contributed by atoms with Gasteiger partial charge >= 0.3 is 0 Å². The molecule has 5 heteroatoms. The van der Waals surface area contributed by atoms with Gasteiger partial charge in [0.25, 0.3) is 0 Å². The molecule has 0 unspecified atom stereocenters. The first-order valence-electron chi connectivity index (χ1n) is 4.87. The fraction of sp³-hybridized carbons (Fsp3) is 0.364. The second-order valence-corrected chi connectivity index (χ2v) is 6.14. The van der Waals surface area contributed by atoms with Gasteiger partial charge in [-0.25, -0.2) is 8.42 Å². The fourth-order valence-corrected chi connectivity index (χ4v) is 1.59. The van der Waals surface area contributed by atoms with Crippen LogP contribution in [0.25, 0.3) is 0 Å². The highest BCUT2D eigenvalue weighted by Crippen LogP contribution is 2.14. The summed E-state index contributed by atoms with van der Waals surface area (Å²) in [5, 5.41) is 1.56. The molecule has 0 aliphatic rings. The van der Waals surface area contributed by atoms with E-state index in [-0.39, 0.29) is 0 Å². The summed E-state index contributed by atoms with van der Waals surface area (Å²) in [5.41, 5.74) is 1.54. The van der Waals surface area contributed by atoms with E-state index in [1.165, 1.54) is 6.92 Å². The molecule has 0 spiro atoms. The molecule has 16 heavy (non-hydrogen) atoms. The van der Waals surface area contributed by atoms with Crippen LogP contribution in [0.1, 0.15) is 12.5 Å². The van der Waals surface area contributed by atoms with Gasteiger partial charge in [0.2, 0.25) is 5.91 Å². The Morgan fingerprint density at radius 3 is 2.38 bits per heavy atom. The van der Waals surface area contributed by atoms with E-state index in [1.54, 1.807) is 12.1 Å². The van der Waals surface area contributed by atoms with E-state index in [1.807, 2.05) is 19.1 Å². The molecule has 1 rings (SSSR count). The number of hydrogen-bond acceptors (Lipinski definition) is 3. The van der Waals surface area contributed by atoms with Crippen LogP contribution in [-0.2, 0) is 14.6 Å². The molecule has 1 aromatic rings. The van der Waals surface area contributed by atoms with Crippen LogP contribution in [0.2, 0.25) is 0 Å². The number of aryl methyl sites for hydroxylation is 1. The summed E-state index contributed by atoms with van der Waals surface area (Å²) in [4.78, 5) is 11.6. The van der Waals surface area contributed by atoms with Gasteiger partial charge in [-0.1, -0.05) is 18.2 Å². The first-order chi connectivity index (χ1) is 7.32. The van der Waals surface area contributed by atoms with E-state index in [0.717, 1.165) is 11.8 Å². The molecular weight excluding hydrogens is 226 g/mol. The largest absolute Gasteiger partial charge is 0.325 e. The minimum atomic E-state index is -3.35. The molecule has 4 nitrogen and oxygen atoms in total. The maximum Gasteiger partial charge on any atom is 0.242 e. The lowest BCUT2D eigenvalue weighted by Gasteiger charge is -2.11. The number of para-hydroxylation sites is 1. The molecular formula is C11H15NO3S. The highest BCUT2D eigenvalue weighted by Gasteiger charge is 2.23. The number of amides is 1. The van der Waals surface area contributed by atoms with Gasteiger partial charge in [-0.15, -0.1) is 0 Å². The number of anilines is 1. The van der Waals surface area contributed by atoms with Crippen molar-refractivity contribution < 1.29 is 13.2 Å². The van der Waals surface area contributed by atoms with Crippen molar-refractivity contribution in [2.75, 3.05) is 11.6 Å². The molecule has 0 aliphatic carbocycles. The van der Waals surface area contributed by atoms with Crippen molar-refractivity contribution >= 4 is 21.4 Å². The molecule has 1 atom stereocenters. The molecule has 1 N–H and O–H groups in total. The Kier molecular flexibility index (Phi) is 3.70. The van der Waals surface area contributed by atoms with Gasteiger partial charge in [-0.05, 0) is 25.5 Å². The van der Waals surface area contributed by atoms with Gasteiger partial charge in [0.15, 0.2) is 9.84 Å². The summed E-state index contributed by atoms with van der Waals surface area (Å²) in [6.07, 6.45) is 1.05. The molecule has 0 radical (unpaired) electrons. The van der Waals surface area contributed by atoms with Crippen LogP contribution >= 0.6 is 0 Å². The number of nitrogens with one attached hydrogen (secondary N) is 1. The van der Waals surface area contributed by atoms with Gasteiger partial charge in [0, 0.05) is 11.9 Å². The summed E-state index contributed by atoms with van der Waals surface area (Å²) in [7, 11) is -3.35. The molecule has 0 bridgehead atoms. The normalized spacial score (nSPS) is 13.2. The summed E-state index contributed by atoms with van der Waals surface area (Å²) in [6, 6.07) is 7.22. The van der Waals surface area contributed by atoms with Crippen LogP contribution in [0.3, 0.4) is 0 Å². The average Bonchev–Trinajstić information content (AvgIpc) is 2.19. The number of benzene rings is 1. The lowest BCUT2D eigenvalue weighted by Crippen LogP contribution is -2.31. The highest BCUT2D eigenvalue weighted by molar-refractivity contribution is 7.92. The zero-order valence-corrected chi connectivity index (χ0v) is 10.3. The number of carbonyl (C=O) groups is 1. The van der Waals surface area contributed by atoms with Crippen molar-refractivity contribution in [1.82, 2.24) is 0 Å². The van der Waals surface area contributed by atoms with Crippen molar-refractivity contribution in [3.8, 4) is 0 Å². The maximum atomic E-state index is 11.6. The second-order valence-electron chi connectivity index (χ2n) is 3.78. The molecule has 0 saturated carbocycles. The zero-order valence-electron chi connectivity index (χ0n) is 9.52. The van der Waals surface area contributed by atoms with Crippen molar-refractivity contribution in [3.63, 3.8) is 0 Å². The monoisotopic (exact) mass is 241 g/mol. The molecule has 0 aliphatic heterocycles. The lowest BCUT2D eigenvalue weighted by molar-refractivity contribution is -0.115. The van der Waals surface area contributed by atoms with Gasteiger partial charge in [-0.2, -0.15) is 0 Å². The molecule has 0 heterocycles. The van der Waals surface area contributed by atoms with E-state index in [0.29, 0.717) is 5.69 Å². The van der Waals surface area contributed by atoms with Gasteiger partial charge in [0.05, 0.1) is 0 Å². The van der Waals surface area contributed by atoms with Crippen LogP contribution in [0, 0.1) is 6.92 Å². The first kappa shape index (κ1) is 12.7. The highest BCUT2D eigenvalue weighted by atomic mass is 32.2. The van der Waals surface area contributed by atoms with Gasteiger partial charge in [-0.3, -0.25) is 4.79 Å². The van der Waals surface area contributed by atoms with Crippen molar-refractivity contribution in [2.24, 2.45) is 0 Å². The Hall–Kier alpha value is -1.36. The fourth-order valence-electron chi connectivity index (χ4n) is 1.14. The quantitative estimate of drug-likeness (QED) is 0.869. The number of carbonyl (C=O) groups excluding carboxylic acids is 1. The van der Waals surface area contributed by atoms with Crippen molar-refractivity contribution in [3.05, 3.63) is 29.8 Å². The summed E-state index contributed by atoms with van der Waals surface area (Å²) < 4.78 is 22.4. The molecule has 0 aromatic heterocycles. The van der Waals surface area contributed by atoms with Crippen LogP contribution in [-0.4, -0.2) is 25.8 Å². The van der Waals surface area contributed by atoms with Crippen LogP contribution in [0.5, 0.6) is 0 Å². The topological polar surface area (TPSA) is 63.2 Å². The summed E-state index contributed by atoms with van der Waals surface area (Å²) in [5.74, 6) is -0.503. The average molecular weight is 241 g/mol. The third-order valence-corrected chi connectivity index (χ3v) is 3.91. The van der Waals surface area contributed by atoms with Crippen LogP contribution in [0.4, 0.5) is 5.69 Å². The number of hydrogen-bond donors (Lipinski definition) is 1. The van der Waals surface area contributed by atoms with Crippen LogP contribution < -0.4 is 5.32 Å². The molecule has 1 amide bonds. The smallest absolute Gasteiger partial charge is 0.242 e. The second kappa shape index (κ2) is 4.65. The van der Waals surface area contributed by atoms with E-state index in [9.17, 15) is 13.2 Å². The van der Waals surface area contributed by atoms with Crippen molar-refractivity contribution in [1.29, 1.82) is 0 Å². The predicted molar refractivity (Wildman–Crippen MR) is 64.1 cm³/mol. The lowest BCUT2D eigenvalue weighted by atomic mass is 10.2. The minimum Gasteiger partial charge on any atom is -0.325 e. The Labute approximate surface area is 95.6 Å². The third kappa shape index (κ3) is 3.06. The predicted octanol–water partition coefficient (Wildman–Crippen LogP) is 1.37. The maximum absolute atomic E-state index is 11.6. The van der Waals surface area contributed by atoms with Crippen LogP contribution in [0.15, 0.2) is 24.3 Å². The third-order valence-electron chi connectivity index (χ3n) is 2.41. The number of rotatable bonds is 3. The Balaban J connectivity index is 2.84. The summed E-state index contributed by atoms with van der Waals surface area (Å²) in [6.45, 7) is 3.23. The van der Waals surface area contributed by atoms with E-state index in [4.69, 9.17) is 0 Å². The summed E-state index contributed by atoms with van der Waals surface area (Å²) >= 11 is 0. The standard InChI is InChI=1S/C11H15NO3S/c1-8-6-4-5-7-10(8)12-11(13)9(2)16(3,14)15/h4-7,9H,1-3H3,(H,12,13)/t9-/m1/s1. The van der Waals surface area contributed by atoms with E-state index >= 15 is 0 Å². The Morgan fingerprint density at radius 1 is 1.31 bits per heavy atom.